The molecule has 0 radical (unpaired) electrons. The first-order chi connectivity index (χ1) is 14.6. The Bertz CT molecular complexity index is 952. The summed E-state index contributed by atoms with van der Waals surface area (Å²) in [5.74, 6) is 0.152. The van der Waals surface area contributed by atoms with Crippen molar-refractivity contribution in [3.05, 3.63) is 52.4 Å². The number of nitrogens with one attached hydrogen (secondary N) is 1. The Morgan fingerprint density at radius 2 is 1.26 bits per heavy atom. The van der Waals surface area contributed by atoms with Crippen LogP contribution in [0.5, 0.6) is 0 Å². The van der Waals surface area contributed by atoms with Gasteiger partial charge >= 0.3 is 0 Å². The van der Waals surface area contributed by atoms with E-state index >= 15 is 0 Å². The largest absolute Gasteiger partial charge is 0.372 e. The summed E-state index contributed by atoms with van der Waals surface area (Å²) in [7, 11) is 0. The van der Waals surface area contributed by atoms with Crippen molar-refractivity contribution < 1.29 is 9.59 Å². The Morgan fingerprint density at radius 1 is 0.774 bits per heavy atom. The molecule has 1 N–H and O–H groups in total. The van der Waals surface area contributed by atoms with Crippen LogP contribution in [-0.2, 0) is 9.59 Å². The van der Waals surface area contributed by atoms with E-state index in [4.69, 9.17) is 0 Å². The molecule has 0 amide bonds. The standard InChI is InChI=1S/C27H34N2O2/c1-26(2)13-19-24(21(30)15-26)23(25-20(28-19)14-27(3,4)16-22(25)31)17-7-9-18(10-8-17)29-11-5-6-12-29/h7-10,23,28H,5-6,11-16H2,1-4H3. The number of ketones is 2. The fraction of sp³-hybridized carbons (Fsp3) is 0.556. The molecule has 0 spiro atoms. The van der Waals surface area contributed by atoms with E-state index in [2.05, 4.69) is 62.2 Å². The van der Waals surface area contributed by atoms with Gasteiger partial charge in [0.25, 0.3) is 0 Å². The molecule has 4 nitrogen and oxygen atoms in total. The van der Waals surface area contributed by atoms with Crippen molar-refractivity contribution in [1.82, 2.24) is 5.32 Å². The van der Waals surface area contributed by atoms with Gasteiger partial charge in [-0.05, 0) is 54.2 Å². The third-order valence-corrected chi connectivity index (χ3v) is 7.42. The highest BCUT2D eigenvalue weighted by Gasteiger charge is 2.46. The Kier molecular flexibility index (Phi) is 4.69. The van der Waals surface area contributed by atoms with Crippen LogP contribution in [0.4, 0.5) is 5.69 Å². The molecule has 2 aliphatic carbocycles. The van der Waals surface area contributed by atoms with Gasteiger partial charge in [0.2, 0.25) is 0 Å². The zero-order valence-electron chi connectivity index (χ0n) is 19.3. The van der Waals surface area contributed by atoms with Crippen molar-refractivity contribution in [2.24, 2.45) is 10.8 Å². The number of carbonyl (C=O) groups excluding carboxylic acids is 2. The van der Waals surface area contributed by atoms with Gasteiger partial charge in [0.1, 0.15) is 0 Å². The Hall–Kier alpha value is -2.36. The van der Waals surface area contributed by atoms with Crippen LogP contribution in [-0.4, -0.2) is 24.7 Å². The molecule has 1 fully saturated rings. The Morgan fingerprint density at radius 3 is 1.74 bits per heavy atom. The van der Waals surface area contributed by atoms with E-state index in [9.17, 15) is 9.59 Å². The smallest absolute Gasteiger partial charge is 0.162 e. The summed E-state index contributed by atoms with van der Waals surface area (Å²) in [5.41, 5.74) is 5.95. The third kappa shape index (κ3) is 3.64. The van der Waals surface area contributed by atoms with Crippen LogP contribution in [0.2, 0.25) is 0 Å². The zero-order chi connectivity index (χ0) is 22.0. The van der Waals surface area contributed by atoms with Crippen LogP contribution in [0, 0.1) is 10.8 Å². The Labute approximate surface area is 185 Å². The summed E-state index contributed by atoms with van der Waals surface area (Å²) < 4.78 is 0. The van der Waals surface area contributed by atoms with Crippen molar-refractivity contribution in [3.8, 4) is 0 Å². The second kappa shape index (κ2) is 7.08. The minimum atomic E-state index is -0.230. The van der Waals surface area contributed by atoms with Crippen molar-refractivity contribution in [2.75, 3.05) is 18.0 Å². The molecule has 0 aromatic heterocycles. The number of dihydropyridines is 1. The first-order valence-corrected chi connectivity index (χ1v) is 11.8. The number of carbonyl (C=O) groups is 2. The number of anilines is 1. The number of allylic oxidation sites excluding steroid dienone is 4. The van der Waals surface area contributed by atoms with E-state index in [1.807, 2.05) is 0 Å². The summed E-state index contributed by atoms with van der Waals surface area (Å²) in [6.07, 6.45) is 5.27. The molecule has 31 heavy (non-hydrogen) atoms. The van der Waals surface area contributed by atoms with Crippen LogP contribution >= 0.6 is 0 Å². The molecule has 0 saturated carbocycles. The molecule has 2 aliphatic heterocycles. The summed E-state index contributed by atoms with van der Waals surface area (Å²) in [5, 5.41) is 3.59. The molecule has 5 rings (SSSR count). The first-order valence-electron chi connectivity index (χ1n) is 11.8. The lowest BCUT2D eigenvalue weighted by atomic mass is 9.64. The molecule has 0 unspecified atom stereocenters. The number of rotatable bonds is 2. The van der Waals surface area contributed by atoms with E-state index < -0.39 is 0 Å². The average molecular weight is 419 g/mol. The van der Waals surface area contributed by atoms with E-state index in [-0.39, 0.29) is 28.3 Å². The fourth-order valence-electron chi connectivity index (χ4n) is 6.08. The zero-order valence-corrected chi connectivity index (χ0v) is 19.3. The van der Waals surface area contributed by atoms with E-state index in [0.29, 0.717) is 12.8 Å². The van der Waals surface area contributed by atoms with Crippen LogP contribution in [0.3, 0.4) is 0 Å². The van der Waals surface area contributed by atoms with Gasteiger partial charge in [-0.1, -0.05) is 39.8 Å². The molecule has 164 valence electrons. The highest BCUT2D eigenvalue weighted by atomic mass is 16.1. The minimum Gasteiger partial charge on any atom is -0.372 e. The second-order valence-corrected chi connectivity index (χ2v) is 11.5. The van der Waals surface area contributed by atoms with Crippen LogP contribution in [0.25, 0.3) is 0 Å². The Balaban J connectivity index is 1.61. The average Bonchev–Trinajstić information content (AvgIpc) is 3.19. The molecule has 1 aromatic rings. The predicted molar refractivity (Wildman–Crippen MR) is 124 cm³/mol. The number of Topliss-reactive ketones (excluding diaryl/α,β-unsaturated/α-hetero) is 2. The summed E-state index contributed by atoms with van der Waals surface area (Å²) >= 11 is 0. The predicted octanol–water partition coefficient (Wildman–Crippen LogP) is 5.26. The second-order valence-electron chi connectivity index (χ2n) is 11.5. The van der Waals surface area contributed by atoms with Crippen molar-refractivity contribution in [1.29, 1.82) is 0 Å². The maximum absolute atomic E-state index is 13.4. The van der Waals surface area contributed by atoms with Gasteiger partial charge in [0, 0.05) is 60.1 Å². The van der Waals surface area contributed by atoms with Gasteiger partial charge in [-0.15, -0.1) is 0 Å². The molecule has 4 heteroatoms. The monoisotopic (exact) mass is 418 g/mol. The normalized spacial score (nSPS) is 25.5. The third-order valence-electron chi connectivity index (χ3n) is 7.42. The van der Waals surface area contributed by atoms with Crippen LogP contribution < -0.4 is 10.2 Å². The maximum Gasteiger partial charge on any atom is 0.162 e. The van der Waals surface area contributed by atoms with Gasteiger partial charge in [-0.25, -0.2) is 0 Å². The van der Waals surface area contributed by atoms with E-state index in [1.165, 1.54) is 18.5 Å². The van der Waals surface area contributed by atoms with Crippen molar-refractivity contribution >= 4 is 17.3 Å². The molecular formula is C27H34N2O2. The SMILES string of the molecule is CC1(C)CC(=O)C2=C(C1)NC1=C(C(=O)CC(C)(C)C1)C2c1ccc(N2CCCC2)cc1. The van der Waals surface area contributed by atoms with Crippen molar-refractivity contribution in [2.45, 2.75) is 72.1 Å². The molecule has 4 aliphatic rings. The molecule has 2 heterocycles. The lowest BCUT2D eigenvalue weighted by Gasteiger charge is -2.44. The van der Waals surface area contributed by atoms with Gasteiger partial charge in [-0.3, -0.25) is 9.59 Å². The van der Waals surface area contributed by atoms with Gasteiger partial charge < -0.3 is 10.2 Å². The van der Waals surface area contributed by atoms with Crippen molar-refractivity contribution in [3.63, 3.8) is 0 Å². The lowest BCUT2D eigenvalue weighted by Crippen LogP contribution is -2.42. The summed E-state index contributed by atoms with van der Waals surface area (Å²) in [6, 6.07) is 8.66. The first kappa shape index (κ1) is 20.5. The molecule has 0 bridgehead atoms. The van der Waals surface area contributed by atoms with Gasteiger partial charge in [-0.2, -0.15) is 0 Å². The maximum atomic E-state index is 13.4. The van der Waals surface area contributed by atoms with E-state index in [0.717, 1.165) is 54.0 Å². The highest BCUT2D eigenvalue weighted by molar-refractivity contribution is 6.06. The molecular weight excluding hydrogens is 384 g/mol. The fourth-order valence-corrected chi connectivity index (χ4v) is 6.08. The molecule has 1 aromatic carbocycles. The highest BCUT2D eigenvalue weighted by Crippen LogP contribution is 2.51. The molecule has 0 atom stereocenters. The molecule has 1 saturated heterocycles. The van der Waals surface area contributed by atoms with Gasteiger partial charge in [0.05, 0.1) is 0 Å². The van der Waals surface area contributed by atoms with Crippen LogP contribution in [0.15, 0.2) is 46.8 Å². The number of hydrogen-bond acceptors (Lipinski definition) is 4. The van der Waals surface area contributed by atoms with Gasteiger partial charge in [0.15, 0.2) is 11.6 Å². The number of nitrogens with zero attached hydrogens (tertiary/aromatic N) is 1. The van der Waals surface area contributed by atoms with E-state index in [1.54, 1.807) is 0 Å². The minimum absolute atomic E-state index is 0.0562. The topological polar surface area (TPSA) is 49.4 Å². The quantitative estimate of drug-likeness (QED) is 0.712. The summed E-state index contributed by atoms with van der Waals surface area (Å²) in [4.78, 5) is 29.2. The number of benzene rings is 1. The summed E-state index contributed by atoms with van der Waals surface area (Å²) in [6.45, 7) is 10.9. The van der Waals surface area contributed by atoms with Crippen LogP contribution in [0.1, 0.15) is 77.7 Å². The lowest BCUT2D eigenvalue weighted by molar-refractivity contribution is -0.119. The number of hydrogen-bond donors (Lipinski definition) is 1.